The van der Waals surface area contributed by atoms with Crippen molar-refractivity contribution in [3.63, 3.8) is 0 Å². The molecule has 2 aromatic carbocycles. The first-order chi connectivity index (χ1) is 23.0. The maximum atomic E-state index is 11.5. The van der Waals surface area contributed by atoms with E-state index in [4.69, 9.17) is 0 Å². The van der Waals surface area contributed by atoms with Gasteiger partial charge >= 0.3 is 16.5 Å². The third kappa shape index (κ3) is 19.2. The zero-order chi connectivity index (χ0) is 34.5. The van der Waals surface area contributed by atoms with E-state index in [-0.39, 0.29) is 16.5 Å². The van der Waals surface area contributed by atoms with Crippen molar-refractivity contribution in [2.45, 2.75) is 150 Å². The van der Waals surface area contributed by atoms with Gasteiger partial charge in [0.1, 0.15) is 0 Å². The van der Waals surface area contributed by atoms with Crippen molar-refractivity contribution in [3.05, 3.63) is 98.6 Å². The van der Waals surface area contributed by atoms with Gasteiger partial charge in [0, 0.05) is 22.8 Å². The van der Waals surface area contributed by atoms with Crippen molar-refractivity contribution in [1.29, 1.82) is 0 Å². The van der Waals surface area contributed by atoms with Crippen LogP contribution in [0.2, 0.25) is 0 Å². The first-order valence-electron chi connectivity index (χ1n) is 19.2. The molecule has 1 heterocycles. The quantitative estimate of drug-likeness (QED) is 0.0667. The maximum Gasteiger partial charge on any atom is 2.00 e. The van der Waals surface area contributed by atoms with Crippen molar-refractivity contribution in [2.24, 2.45) is 0 Å². The van der Waals surface area contributed by atoms with E-state index in [0.717, 1.165) is 54.9 Å². The Labute approximate surface area is 307 Å². The van der Waals surface area contributed by atoms with Crippen LogP contribution in [0.1, 0.15) is 160 Å². The molecule has 0 fully saturated rings. The average Bonchev–Trinajstić information content (AvgIpc) is 3.44. The van der Waals surface area contributed by atoms with Crippen molar-refractivity contribution in [1.82, 2.24) is 0 Å². The molecule has 2 aromatic rings. The number of allylic oxidation sites excluding steroid dienone is 2. The Balaban J connectivity index is 0.00000221. The molecule has 0 aliphatic carbocycles. The van der Waals surface area contributed by atoms with E-state index in [1.165, 1.54) is 118 Å². The number of unbranched alkanes of at least 4 members (excludes halogenated alkanes) is 12. The fourth-order valence-corrected chi connectivity index (χ4v) is 5.75. The molecule has 272 valence electrons. The summed E-state index contributed by atoms with van der Waals surface area (Å²) in [4.78, 5) is 0. The van der Waals surface area contributed by atoms with Crippen LogP contribution in [0.4, 0.5) is 0 Å². The van der Waals surface area contributed by atoms with Crippen LogP contribution in [0.15, 0.2) is 60.2 Å². The SMILES string of the molecule is CCCCCCCCC1=C(c2ccc(CCCCCCCC)cc2)[N+](=[N-])C(c2cccc(CCCCC)c2)=C1.CC[N-]C.CC[N-]C.[Ni+2]. The molecule has 0 radical (unpaired) electrons. The molecular formula is C43H70N4Ni. The fraction of sp³-hybridized carbons (Fsp3) is 0.628. The Morgan fingerprint density at radius 2 is 1.00 bits per heavy atom. The van der Waals surface area contributed by atoms with Crippen LogP contribution in [-0.2, 0) is 29.3 Å². The largest absolute Gasteiger partial charge is 2.00 e. The van der Waals surface area contributed by atoms with Crippen molar-refractivity contribution in [3.8, 4) is 0 Å². The van der Waals surface area contributed by atoms with Gasteiger partial charge in [-0.3, -0.25) is 0 Å². The second-order valence-corrected chi connectivity index (χ2v) is 12.9. The molecular weight excluding hydrogens is 631 g/mol. The van der Waals surface area contributed by atoms with E-state index in [1.54, 1.807) is 14.1 Å². The molecule has 0 saturated carbocycles. The van der Waals surface area contributed by atoms with Crippen LogP contribution in [0.3, 0.4) is 0 Å². The van der Waals surface area contributed by atoms with Crippen LogP contribution < -0.4 is 0 Å². The van der Waals surface area contributed by atoms with E-state index in [1.807, 2.05) is 13.8 Å². The molecule has 0 atom stereocenters. The number of benzene rings is 2. The minimum atomic E-state index is 0. The smallest absolute Gasteiger partial charge is 0.665 e. The van der Waals surface area contributed by atoms with Gasteiger partial charge in [0.15, 0.2) is 0 Å². The van der Waals surface area contributed by atoms with E-state index < -0.39 is 0 Å². The maximum absolute atomic E-state index is 11.5. The molecule has 1 aliphatic heterocycles. The van der Waals surface area contributed by atoms with Gasteiger partial charge in [-0.1, -0.05) is 136 Å². The van der Waals surface area contributed by atoms with Gasteiger partial charge in [-0.05, 0) is 73.9 Å². The normalized spacial score (nSPS) is 12.1. The Morgan fingerprint density at radius 1 is 0.542 bits per heavy atom. The summed E-state index contributed by atoms with van der Waals surface area (Å²) in [6.45, 7) is 12.7. The Kier molecular flexibility index (Phi) is 29.6. The van der Waals surface area contributed by atoms with E-state index in [2.05, 4.69) is 86.0 Å². The van der Waals surface area contributed by atoms with Crippen LogP contribution >= 0.6 is 0 Å². The molecule has 0 N–H and O–H groups in total. The molecule has 48 heavy (non-hydrogen) atoms. The third-order valence-corrected chi connectivity index (χ3v) is 8.83. The Hall–Kier alpha value is -2.07. The molecule has 1 aliphatic rings. The summed E-state index contributed by atoms with van der Waals surface area (Å²) in [6, 6.07) is 17.8. The van der Waals surface area contributed by atoms with Gasteiger partial charge in [-0.2, -0.15) is 27.2 Å². The van der Waals surface area contributed by atoms with Crippen LogP contribution in [-0.4, -0.2) is 31.9 Å². The molecule has 0 amide bonds. The summed E-state index contributed by atoms with van der Waals surface area (Å²) >= 11 is 0. The van der Waals surface area contributed by atoms with Crippen LogP contribution in [0.25, 0.3) is 27.6 Å². The molecule has 0 aromatic heterocycles. The second kappa shape index (κ2) is 31.0. The molecule has 0 bridgehead atoms. The predicted octanol–water partition coefficient (Wildman–Crippen LogP) is 13.9. The average molecular weight is 702 g/mol. The molecule has 0 unspecified atom stereocenters. The Bertz CT molecular complexity index is 1130. The predicted molar refractivity (Wildman–Crippen MR) is 209 cm³/mol. The van der Waals surface area contributed by atoms with Crippen LogP contribution in [0.5, 0.6) is 0 Å². The summed E-state index contributed by atoms with van der Waals surface area (Å²) in [5, 5.41) is 7.47. The number of rotatable bonds is 22. The number of hydrogen-bond acceptors (Lipinski definition) is 0. The summed E-state index contributed by atoms with van der Waals surface area (Å²) < 4.78 is 1.47. The first kappa shape index (κ1) is 45.9. The zero-order valence-electron chi connectivity index (χ0n) is 31.9. The van der Waals surface area contributed by atoms with Crippen molar-refractivity contribution in [2.75, 3.05) is 27.2 Å². The van der Waals surface area contributed by atoms with Gasteiger partial charge in [-0.15, -0.1) is 0 Å². The summed E-state index contributed by atoms with van der Waals surface area (Å²) in [5.41, 5.74) is 19.7. The first-order valence-corrected chi connectivity index (χ1v) is 19.2. The van der Waals surface area contributed by atoms with Gasteiger partial charge < -0.3 is 16.2 Å². The van der Waals surface area contributed by atoms with Crippen molar-refractivity contribution >= 4 is 11.4 Å². The summed E-state index contributed by atoms with van der Waals surface area (Å²) in [5.74, 6) is 0. The van der Waals surface area contributed by atoms with E-state index in [0.29, 0.717) is 0 Å². The van der Waals surface area contributed by atoms with Crippen LogP contribution in [0, 0.1) is 0 Å². The van der Waals surface area contributed by atoms with Crippen molar-refractivity contribution < 1.29 is 21.2 Å². The fourth-order valence-electron chi connectivity index (χ4n) is 5.75. The topological polar surface area (TPSA) is 53.5 Å². The number of hydrogen-bond donors (Lipinski definition) is 0. The van der Waals surface area contributed by atoms with Gasteiger partial charge in [0.25, 0.3) is 0 Å². The van der Waals surface area contributed by atoms with Gasteiger partial charge in [0.05, 0.1) is 0 Å². The standard InChI is InChI=1S/C37H54N2.2C3H8N.Ni/c1-4-7-10-12-14-17-20-31-25-27-33(28-26-31)37-35(23-18-15-13-11-8-5-2)30-36(39(37)38)34-24-19-22-32(29-34)21-16-9-6-3;2*1-3-4-2;/h19,22,24-30H,4-18,20-21,23H2,1-3H3;2*3H2,1-2H3;/q;2*-1;+2. The van der Waals surface area contributed by atoms with Gasteiger partial charge in [0.2, 0.25) is 11.4 Å². The summed E-state index contributed by atoms with van der Waals surface area (Å²) in [7, 11) is 3.61. The molecule has 0 saturated heterocycles. The van der Waals surface area contributed by atoms with E-state index in [9.17, 15) is 5.53 Å². The molecule has 5 heteroatoms. The second-order valence-electron chi connectivity index (χ2n) is 12.9. The monoisotopic (exact) mass is 700 g/mol. The third-order valence-electron chi connectivity index (χ3n) is 8.83. The van der Waals surface area contributed by atoms with Gasteiger partial charge in [-0.25, -0.2) is 4.70 Å². The molecule has 4 nitrogen and oxygen atoms in total. The number of nitrogens with zero attached hydrogens (tertiary/aromatic N) is 4. The minimum Gasteiger partial charge on any atom is -0.665 e. The number of aryl methyl sites for hydroxylation is 2. The zero-order valence-corrected chi connectivity index (χ0v) is 32.9. The summed E-state index contributed by atoms with van der Waals surface area (Å²) in [6.07, 6.45) is 24.9. The minimum absolute atomic E-state index is 0. The Morgan fingerprint density at radius 3 is 1.54 bits per heavy atom. The molecule has 3 rings (SSSR count). The molecule has 0 spiro atoms. The van der Waals surface area contributed by atoms with E-state index >= 15 is 0 Å².